The van der Waals surface area contributed by atoms with Gasteiger partial charge in [0.1, 0.15) is 5.78 Å². The maximum Gasteiger partial charge on any atom is 0.150 e. The standard InChI is InChI=1S/C22H24N2O2S2/c1-28(26)17-7-8-18-16(14-24-19(18)13-17)4-2-5-21(25)20-12-15(9-10-23-20)22-6-3-11-27-22/h3,6-9,11,13-14,20,23-24H,2,4-5,10,12H2,1H3. The number of fused-ring (bicyclic) bond motifs is 1. The minimum absolute atomic E-state index is 0.0767. The Balaban J connectivity index is 1.34. The Morgan fingerprint density at radius 3 is 3.00 bits per heavy atom. The molecule has 28 heavy (non-hydrogen) atoms. The van der Waals surface area contributed by atoms with Crippen molar-refractivity contribution >= 4 is 44.4 Å². The number of Topliss-reactive ketones (excluding diaryl/α,β-unsaturated/α-hetero) is 1. The number of rotatable bonds is 7. The highest BCUT2D eigenvalue weighted by atomic mass is 32.2. The molecule has 2 atom stereocenters. The lowest BCUT2D eigenvalue weighted by Gasteiger charge is -2.22. The number of hydrogen-bond acceptors (Lipinski definition) is 4. The van der Waals surface area contributed by atoms with Crippen molar-refractivity contribution in [3.05, 3.63) is 58.4 Å². The van der Waals surface area contributed by atoms with E-state index in [-0.39, 0.29) is 6.04 Å². The first-order chi connectivity index (χ1) is 13.6. The highest BCUT2D eigenvalue weighted by Crippen LogP contribution is 2.27. The van der Waals surface area contributed by atoms with Crippen LogP contribution in [0.4, 0.5) is 0 Å². The van der Waals surface area contributed by atoms with Gasteiger partial charge in [-0.25, -0.2) is 0 Å². The average Bonchev–Trinajstić information content (AvgIpc) is 3.38. The van der Waals surface area contributed by atoms with Crippen molar-refractivity contribution in [2.45, 2.75) is 36.6 Å². The molecular formula is C22H24N2O2S2. The third-order valence-electron chi connectivity index (χ3n) is 5.30. The Hall–Kier alpha value is -2.02. The molecular weight excluding hydrogens is 388 g/mol. The number of aromatic amines is 1. The van der Waals surface area contributed by atoms with Crippen LogP contribution in [0.5, 0.6) is 0 Å². The summed E-state index contributed by atoms with van der Waals surface area (Å²) in [5, 5.41) is 6.58. The van der Waals surface area contributed by atoms with E-state index in [0.717, 1.165) is 41.6 Å². The number of benzene rings is 1. The van der Waals surface area contributed by atoms with Crippen molar-refractivity contribution in [1.82, 2.24) is 10.3 Å². The first-order valence-electron chi connectivity index (χ1n) is 9.54. The van der Waals surface area contributed by atoms with Crippen LogP contribution in [0.2, 0.25) is 0 Å². The fraction of sp³-hybridized carbons (Fsp3) is 0.318. The summed E-state index contributed by atoms with van der Waals surface area (Å²) in [7, 11) is -0.980. The zero-order valence-electron chi connectivity index (χ0n) is 15.9. The number of thiophene rings is 1. The summed E-state index contributed by atoms with van der Waals surface area (Å²) in [5.74, 6) is 0.297. The number of aryl methyl sites for hydroxylation is 1. The minimum atomic E-state index is -0.980. The molecule has 0 saturated heterocycles. The van der Waals surface area contributed by atoms with Crippen LogP contribution in [0, 0.1) is 0 Å². The summed E-state index contributed by atoms with van der Waals surface area (Å²) in [6.45, 7) is 0.757. The molecule has 2 N–H and O–H groups in total. The summed E-state index contributed by atoms with van der Waals surface area (Å²) in [4.78, 5) is 18.1. The topological polar surface area (TPSA) is 62.0 Å². The predicted molar refractivity (Wildman–Crippen MR) is 117 cm³/mol. The summed E-state index contributed by atoms with van der Waals surface area (Å²) >= 11 is 1.73. The van der Waals surface area contributed by atoms with Crippen molar-refractivity contribution in [3.8, 4) is 0 Å². The molecule has 2 aromatic heterocycles. The van der Waals surface area contributed by atoms with Crippen molar-refractivity contribution < 1.29 is 9.00 Å². The van der Waals surface area contributed by atoms with E-state index < -0.39 is 10.8 Å². The zero-order valence-corrected chi connectivity index (χ0v) is 17.5. The number of H-pyrrole nitrogens is 1. The highest BCUT2D eigenvalue weighted by molar-refractivity contribution is 7.84. The second-order valence-electron chi connectivity index (χ2n) is 7.17. The van der Waals surface area contributed by atoms with Gasteiger partial charge in [-0.3, -0.25) is 9.00 Å². The molecule has 0 fully saturated rings. The molecule has 2 unspecified atom stereocenters. The van der Waals surface area contributed by atoms with E-state index in [0.29, 0.717) is 12.2 Å². The predicted octanol–water partition coefficient (Wildman–Crippen LogP) is 4.30. The monoisotopic (exact) mass is 412 g/mol. The molecule has 0 bridgehead atoms. The van der Waals surface area contributed by atoms with Crippen LogP contribution in [-0.4, -0.2) is 33.8 Å². The van der Waals surface area contributed by atoms with Crippen molar-refractivity contribution in [1.29, 1.82) is 0 Å². The second kappa shape index (κ2) is 8.55. The van der Waals surface area contributed by atoms with Gasteiger partial charge in [0.15, 0.2) is 0 Å². The zero-order chi connectivity index (χ0) is 19.5. The molecule has 4 rings (SSSR count). The van der Waals surface area contributed by atoms with E-state index in [1.165, 1.54) is 16.0 Å². The smallest absolute Gasteiger partial charge is 0.150 e. The van der Waals surface area contributed by atoms with Gasteiger partial charge >= 0.3 is 0 Å². The molecule has 0 radical (unpaired) electrons. The van der Waals surface area contributed by atoms with Gasteiger partial charge in [-0.2, -0.15) is 0 Å². The molecule has 0 aliphatic carbocycles. The van der Waals surface area contributed by atoms with Crippen LogP contribution in [0.25, 0.3) is 16.5 Å². The van der Waals surface area contributed by atoms with Gasteiger partial charge < -0.3 is 10.3 Å². The molecule has 1 aliphatic rings. The second-order valence-corrected chi connectivity index (χ2v) is 9.49. The Kier molecular flexibility index (Phi) is 5.90. The molecule has 0 saturated carbocycles. The van der Waals surface area contributed by atoms with E-state index >= 15 is 0 Å². The van der Waals surface area contributed by atoms with Crippen LogP contribution >= 0.6 is 11.3 Å². The van der Waals surface area contributed by atoms with Gasteiger partial charge in [0.25, 0.3) is 0 Å². The van der Waals surface area contributed by atoms with Crippen molar-refractivity contribution in [2.24, 2.45) is 0 Å². The Labute approximate surface area is 171 Å². The molecule has 6 heteroatoms. The number of nitrogens with one attached hydrogen (secondary N) is 2. The van der Waals surface area contributed by atoms with Gasteiger partial charge in [-0.1, -0.05) is 18.2 Å². The quantitative estimate of drug-likeness (QED) is 0.608. The number of ketones is 1. The molecule has 1 aliphatic heterocycles. The highest BCUT2D eigenvalue weighted by Gasteiger charge is 2.22. The van der Waals surface area contributed by atoms with Crippen LogP contribution < -0.4 is 5.32 Å². The Morgan fingerprint density at radius 1 is 1.32 bits per heavy atom. The average molecular weight is 413 g/mol. The minimum Gasteiger partial charge on any atom is -0.361 e. The lowest BCUT2D eigenvalue weighted by molar-refractivity contribution is -0.121. The van der Waals surface area contributed by atoms with Gasteiger partial charge in [0, 0.05) is 56.9 Å². The molecule has 3 heterocycles. The third-order valence-corrected chi connectivity index (χ3v) is 7.17. The van der Waals surface area contributed by atoms with Crippen molar-refractivity contribution in [3.63, 3.8) is 0 Å². The van der Waals surface area contributed by atoms with Crippen molar-refractivity contribution in [2.75, 3.05) is 12.8 Å². The summed E-state index contributed by atoms with van der Waals surface area (Å²) in [5.41, 5.74) is 3.51. The van der Waals surface area contributed by atoms with E-state index in [9.17, 15) is 9.00 Å². The number of aromatic nitrogens is 1. The van der Waals surface area contributed by atoms with Crippen LogP contribution in [0.3, 0.4) is 0 Å². The van der Waals surface area contributed by atoms with Gasteiger partial charge in [-0.05, 0) is 54.0 Å². The van der Waals surface area contributed by atoms with E-state index in [1.807, 2.05) is 24.4 Å². The molecule has 146 valence electrons. The molecule has 3 aromatic rings. The summed E-state index contributed by atoms with van der Waals surface area (Å²) < 4.78 is 11.6. The normalized spacial score (nSPS) is 18.2. The molecule has 4 nitrogen and oxygen atoms in total. The summed E-state index contributed by atoms with van der Waals surface area (Å²) in [6.07, 6.45) is 8.95. The van der Waals surface area contributed by atoms with Gasteiger partial charge in [-0.15, -0.1) is 11.3 Å². The SMILES string of the molecule is CS(=O)c1ccc2c(CCCC(=O)C3CC(c4cccs4)=CCN3)c[nH]c2c1. The van der Waals surface area contributed by atoms with Crippen LogP contribution in [-0.2, 0) is 22.0 Å². The maximum absolute atomic E-state index is 12.7. The molecule has 0 spiro atoms. The van der Waals surface area contributed by atoms with Gasteiger partial charge in [0.2, 0.25) is 0 Å². The largest absolute Gasteiger partial charge is 0.361 e. The Morgan fingerprint density at radius 2 is 2.21 bits per heavy atom. The molecule has 1 aromatic carbocycles. The van der Waals surface area contributed by atoms with E-state index in [2.05, 4.69) is 33.9 Å². The number of carbonyl (C=O) groups is 1. The first-order valence-corrected chi connectivity index (χ1v) is 12.0. The lowest BCUT2D eigenvalue weighted by Crippen LogP contribution is -2.39. The lowest BCUT2D eigenvalue weighted by atomic mass is 9.94. The third kappa shape index (κ3) is 4.19. The van der Waals surface area contributed by atoms with E-state index in [4.69, 9.17) is 0 Å². The number of hydrogen-bond donors (Lipinski definition) is 2. The fourth-order valence-corrected chi connectivity index (χ4v) is 5.09. The molecule has 0 amide bonds. The van der Waals surface area contributed by atoms with Gasteiger partial charge in [0.05, 0.1) is 6.04 Å². The Bertz CT molecular complexity index is 1030. The van der Waals surface area contributed by atoms with E-state index in [1.54, 1.807) is 17.6 Å². The van der Waals surface area contributed by atoms with Crippen LogP contribution in [0.1, 0.15) is 29.7 Å². The first kappa shape index (κ1) is 19.3. The number of carbonyl (C=O) groups excluding carboxylic acids is 1. The van der Waals surface area contributed by atoms with Crippen LogP contribution in [0.15, 0.2) is 52.9 Å². The fourth-order valence-electron chi connectivity index (χ4n) is 3.77. The summed E-state index contributed by atoms with van der Waals surface area (Å²) in [6, 6.07) is 10.0. The maximum atomic E-state index is 12.7.